The first kappa shape index (κ1) is 13.3. The van der Waals surface area contributed by atoms with Crippen molar-refractivity contribution in [2.75, 3.05) is 24.7 Å². The van der Waals surface area contributed by atoms with Crippen LogP contribution in [0.3, 0.4) is 0 Å². The Bertz CT molecular complexity index is 515. The summed E-state index contributed by atoms with van der Waals surface area (Å²) in [5, 5.41) is 27.2. The van der Waals surface area contributed by atoms with Gasteiger partial charge in [-0.2, -0.15) is 0 Å². The summed E-state index contributed by atoms with van der Waals surface area (Å²) >= 11 is 0. The normalized spacial score (nSPS) is 15.7. The van der Waals surface area contributed by atoms with Gasteiger partial charge in [0.2, 0.25) is 0 Å². The second-order valence-electron chi connectivity index (χ2n) is 4.12. The molecule has 1 aromatic carbocycles. The summed E-state index contributed by atoms with van der Waals surface area (Å²) in [7, 11) is 0. The van der Waals surface area contributed by atoms with Gasteiger partial charge in [-0.1, -0.05) is 0 Å². The highest BCUT2D eigenvalue weighted by Crippen LogP contribution is 2.33. The molecule has 3 N–H and O–H groups in total. The van der Waals surface area contributed by atoms with Gasteiger partial charge in [0.05, 0.1) is 30.5 Å². The SMILES string of the molecule is O=C(O)c1ccc2c(c1)N(CC(O)CO)C(=O)CO2. The lowest BCUT2D eigenvalue weighted by Crippen LogP contribution is -2.44. The molecule has 1 amide bonds. The van der Waals surface area contributed by atoms with Gasteiger partial charge < -0.3 is 25.0 Å². The van der Waals surface area contributed by atoms with Gasteiger partial charge in [-0.15, -0.1) is 0 Å². The van der Waals surface area contributed by atoms with Crippen molar-refractivity contribution in [2.24, 2.45) is 0 Å². The molecule has 0 aliphatic carbocycles. The van der Waals surface area contributed by atoms with E-state index in [1.807, 2.05) is 0 Å². The van der Waals surface area contributed by atoms with E-state index in [9.17, 15) is 14.7 Å². The number of nitrogens with zero attached hydrogens (tertiary/aromatic N) is 1. The number of carboxylic acids is 1. The zero-order valence-electron chi connectivity index (χ0n) is 9.94. The van der Waals surface area contributed by atoms with Crippen molar-refractivity contribution in [3.05, 3.63) is 23.8 Å². The van der Waals surface area contributed by atoms with E-state index in [1.165, 1.54) is 23.1 Å². The second-order valence-corrected chi connectivity index (χ2v) is 4.12. The highest BCUT2D eigenvalue weighted by atomic mass is 16.5. The molecule has 1 aromatic rings. The van der Waals surface area contributed by atoms with Crippen LogP contribution >= 0.6 is 0 Å². The highest BCUT2D eigenvalue weighted by molar-refractivity contribution is 5.99. The molecule has 102 valence electrons. The first-order valence-corrected chi connectivity index (χ1v) is 5.62. The van der Waals surface area contributed by atoms with Gasteiger partial charge in [0.25, 0.3) is 5.91 Å². The van der Waals surface area contributed by atoms with Crippen LogP contribution in [0, 0.1) is 0 Å². The Morgan fingerprint density at radius 1 is 1.47 bits per heavy atom. The van der Waals surface area contributed by atoms with E-state index in [1.54, 1.807) is 0 Å². The first-order valence-electron chi connectivity index (χ1n) is 5.62. The monoisotopic (exact) mass is 267 g/mol. The average Bonchev–Trinajstić information content (AvgIpc) is 2.41. The Morgan fingerprint density at radius 3 is 2.84 bits per heavy atom. The Morgan fingerprint density at radius 2 is 2.21 bits per heavy atom. The summed E-state index contributed by atoms with van der Waals surface area (Å²) in [5.41, 5.74) is 0.296. The molecule has 0 bridgehead atoms. The lowest BCUT2D eigenvalue weighted by molar-refractivity contribution is -0.121. The van der Waals surface area contributed by atoms with Gasteiger partial charge in [0.15, 0.2) is 6.61 Å². The van der Waals surface area contributed by atoms with Crippen molar-refractivity contribution < 1.29 is 29.6 Å². The predicted octanol–water partition coefficient (Wildman–Crippen LogP) is -0.537. The van der Waals surface area contributed by atoms with Crippen LogP contribution in [0.4, 0.5) is 5.69 Å². The summed E-state index contributed by atoms with van der Waals surface area (Å²) < 4.78 is 5.19. The number of carbonyl (C=O) groups is 2. The average molecular weight is 267 g/mol. The predicted molar refractivity (Wildman–Crippen MR) is 64.3 cm³/mol. The quantitative estimate of drug-likeness (QED) is 0.676. The molecule has 7 heteroatoms. The number of hydrogen-bond donors (Lipinski definition) is 3. The van der Waals surface area contributed by atoms with Crippen molar-refractivity contribution in [2.45, 2.75) is 6.10 Å². The number of ether oxygens (including phenoxy) is 1. The zero-order valence-corrected chi connectivity index (χ0v) is 9.94. The van der Waals surface area contributed by atoms with Crippen LogP contribution in [-0.2, 0) is 4.79 Å². The fraction of sp³-hybridized carbons (Fsp3) is 0.333. The minimum absolute atomic E-state index is 0.0144. The molecule has 1 aliphatic rings. The number of β-amino-alcohol motifs (C(OH)–C–C–N with tert-alkyl or cyclic N) is 1. The molecule has 0 saturated carbocycles. The Balaban J connectivity index is 2.38. The molecule has 0 spiro atoms. The third-order valence-corrected chi connectivity index (χ3v) is 2.75. The molecular weight excluding hydrogens is 254 g/mol. The fourth-order valence-corrected chi connectivity index (χ4v) is 1.80. The standard InChI is InChI=1S/C12H13NO6/c14-5-8(15)4-13-9-3-7(12(17)18)1-2-10(9)19-6-11(13)16/h1-3,8,14-15H,4-6H2,(H,17,18). The number of rotatable bonds is 4. The van der Waals surface area contributed by atoms with Crippen LogP contribution in [0.15, 0.2) is 18.2 Å². The maximum atomic E-state index is 11.8. The van der Waals surface area contributed by atoms with Gasteiger partial charge in [-0.25, -0.2) is 4.79 Å². The Hall–Kier alpha value is -2.12. The van der Waals surface area contributed by atoms with E-state index >= 15 is 0 Å². The third kappa shape index (κ3) is 2.67. The van der Waals surface area contributed by atoms with Crippen molar-refractivity contribution in [3.63, 3.8) is 0 Å². The topological polar surface area (TPSA) is 107 Å². The fourth-order valence-electron chi connectivity index (χ4n) is 1.80. The van der Waals surface area contributed by atoms with E-state index in [0.29, 0.717) is 5.75 Å². The highest BCUT2D eigenvalue weighted by Gasteiger charge is 2.28. The third-order valence-electron chi connectivity index (χ3n) is 2.75. The lowest BCUT2D eigenvalue weighted by Gasteiger charge is -2.30. The van der Waals surface area contributed by atoms with Gasteiger partial charge in [0.1, 0.15) is 5.75 Å². The van der Waals surface area contributed by atoms with Crippen LogP contribution in [-0.4, -0.2) is 53.1 Å². The number of amides is 1. The van der Waals surface area contributed by atoms with Crippen LogP contribution < -0.4 is 9.64 Å². The minimum atomic E-state index is -1.12. The van der Waals surface area contributed by atoms with Gasteiger partial charge in [-0.05, 0) is 18.2 Å². The number of aromatic carboxylic acids is 1. The number of aliphatic hydroxyl groups is 2. The zero-order chi connectivity index (χ0) is 14.0. The largest absolute Gasteiger partial charge is 0.482 e. The Labute approximate surface area is 108 Å². The summed E-state index contributed by atoms with van der Waals surface area (Å²) in [5.74, 6) is -1.15. The molecule has 0 radical (unpaired) electrons. The number of carbonyl (C=O) groups excluding carboxylic acids is 1. The molecule has 1 heterocycles. The van der Waals surface area contributed by atoms with E-state index in [4.69, 9.17) is 14.9 Å². The number of aliphatic hydroxyl groups excluding tert-OH is 2. The van der Waals surface area contributed by atoms with E-state index in [-0.39, 0.29) is 24.4 Å². The summed E-state index contributed by atoms with van der Waals surface area (Å²) in [6.45, 7) is -0.787. The molecule has 2 rings (SSSR count). The minimum Gasteiger partial charge on any atom is -0.482 e. The van der Waals surface area contributed by atoms with Crippen molar-refractivity contribution in [1.29, 1.82) is 0 Å². The maximum absolute atomic E-state index is 11.8. The van der Waals surface area contributed by atoms with Crippen LogP contribution in [0.25, 0.3) is 0 Å². The van der Waals surface area contributed by atoms with Crippen LogP contribution in [0.5, 0.6) is 5.75 Å². The number of benzene rings is 1. The molecule has 19 heavy (non-hydrogen) atoms. The molecule has 1 atom stereocenters. The van der Waals surface area contributed by atoms with Gasteiger partial charge in [0, 0.05) is 0 Å². The van der Waals surface area contributed by atoms with Crippen molar-refractivity contribution in [1.82, 2.24) is 0 Å². The maximum Gasteiger partial charge on any atom is 0.335 e. The van der Waals surface area contributed by atoms with E-state index < -0.39 is 24.6 Å². The van der Waals surface area contributed by atoms with E-state index in [0.717, 1.165) is 0 Å². The van der Waals surface area contributed by atoms with Crippen molar-refractivity contribution >= 4 is 17.6 Å². The number of carboxylic acid groups (broad SMARTS) is 1. The lowest BCUT2D eigenvalue weighted by atomic mass is 10.1. The molecule has 0 saturated heterocycles. The van der Waals surface area contributed by atoms with Gasteiger partial charge in [-0.3, -0.25) is 4.79 Å². The second kappa shape index (κ2) is 5.25. The summed E-state index contributed by atoms with van der Waals surface area (Å²) in [4.78, 5) is 23.9. The first-order chi connectivity index (χ1) is 9.02. The summed E-state index contributed by atoms with van der Waals surface area (Å²) in [6, 6.07) is 4.14. The molecule has 7 nitrogen and oxygen atoms in total. The molecule has 1 unspecified atom stereocenters. The summed E-state index contributed by atoms with van der Waals surface area (Å²) in [6.07, 6.45) is -1.09. The smallest absolute Gasteiger partial charge is 0.335 e. The van der Waals surface area contributed by atoms with Crippen molar-refractivity contribution in [3.8, 4) is 5.75 Å². The molecular formula is C12H13NO6. The Kier molecular flexibility index (Phi) is 3.68. The number of hydrogen-bond acceptors (Lipinski definition) is 5. The molecule has 1 aliphatic heterocycles. The molecule has 0 aromatic heterocycles. The van der Waals surface area contributed by atoms with E-state index in [2.05, 4.69) is 0 Å². The van der Waals surface area contributed by atoms with Gasteiger partial charge >= 0.3 is 5.97 Å². The van der Waals surface area contributed by atoms with Crippen LogP contribution in [0.1, 0.15) is 10.4 Å². The molecule has 0 fully saturated rings. The number of fused-ring (bicyclic) bond motifs is 1. The van der Waals surface area contributed by atoms with Crippen LogP contribution in [0.2, 0.25) is 0 Å². The number of anilines is 1.